The molecule has 7 heteroatoms. The number of likely N-dealkylation sites (N-methyl/N-ethyl adjacent to an activating group) is 1. The Kier molecular flexibility index (Phi) is 3.68. The van der Waals surface area contributed by atoms with E-state index in [4.69, 9.17) is 0 Å². The molecular formula is C18H16N4O3. The molecule has 1 aromatic heterocycles. The monoisotopic (exact) mass is 336 g/mol. The summed E-state index contributed by atoms with van der Waals surface area (Å²) in [5, 5.41) is 10.4. The molecule has 2 heterocycles. The van der Waals surface area contributed by atoms with Crippen LogP contribution in [0.15, 0.2) is 47.1 Å². The van der Waals surface area contributed by atoms with Gasteiger partial charge in [-0.05, 0) is 39.6 Å². The summed E-state index contributed by atoms with van der Waals surface area (Å²) < 4.78 is 4.68. The maximum atomic E-state index is 12.7. The minimum absolute atomic E-state index is 0.124. The van der Waals surface area contributed by atoms with Crippen LogP contribution >= 0.6 is 0 Å². The summed E-state index contributed by atoms with van der Waals surface area (Å²) in [5.41, 5.74) is 3.78. The van der Waals surface area contributed by atoms with Gasteiger partial charge in [-0.15, -0.1) is 0 Å². The normalized spacial score (nSPS) is 16.4. The van der Waals surface area contributed by atoms with E-state index in [0.717, 1.165) is 11.1 Å². The molecule has 1 atom stereocenters. The summed E-state index contributed by atoms with van der Waals surface area (Å²) in [6, 6.07) is 12.3. The second-order valence-electron chi connectivity index (χ2n) is 6.17. The van der Waals surface area contributed by atoms with Crippen LogP contribution in [0, 0.1) is 0 Å². The van der Waals surface area contributed by atoms with Gasteiger partial charge in [0.25, 0.3) is 5.91 Å². The molecule has 126 valence electrons. The highest BCUT2D eigenvalue weighted by Crippen LogP contribution is 2.18. The molecule has 0 saturated carbocycles. The van der Waals surface area contributed by atoms with Crippen molar-refractivity contribution in [1.29, 1.82) is 0 Å². The third kappa shape index (κ3) is 2.84. The molecule has 2 amide bonds. The lowest BCUT2D eigenvalue weighted by Gasteiger charge is -2.28. The fourth-order valence-electron chi connectivity index (χ4n) is 3.12. The summed E-state index contributed by atoms with van der Waals surface area (Å²) in [6.45, 7) is 0.412. The van der Waals surface area contributed by atoms with Crippen LogP contribution in [0.2, 0.25) is 0 Å². The van der Waals surface area contributed by atoms with Gasteiger partial charge in [0.2, 0.25) is 5.91 Å². The molecule has 4 rings (SSSR count). The largest absolute Gasteiger partial charge is 0.340 e. The zero-order valence-electron chi connectivity index (χ0n) is 13.6. The SMILES string of the molecule is CN(Cc1ccc2nonc2c1)C(=O)[C@H]1Cc2ccccc2C(=O)N1. The second kappa shape index (κ2) is 6.01. The average Bonchev–Trinajstić information content (AvgIpc) is 3.08. The number of nitrogens with zero attached hydrogens (tertiary/aromatic N) is 3. The summed E-state index contributed by atoms with van der Waals surface area (Å²) in [4.78, 5) is 26.5. The first-order chi connectivity index (χ1) is 12.1. The van der Waals surface area contributed by atoms with Crippen LogP contribution in [0.4, 0.5) is 0 Å². The Morgan fingerprint density at radius 1 is 1.24 bits per heavy atom. The highest BCUT2D eigenvalue weighted by atomic mass is 16.6. The number of aromatic nitrogens is 2. The molecule has 0 fully saturated rings. The third-order valence-electron chi connectivity index (χ3n) is 4.40. The molecule has 0 radical (unpaired) electrons. The first-order valence-electron chi connectivity index (χ1n) is 7.97. The van der Waals surface area contributed by atoms with Crippen molar-refractivity contribution in [2.24, 2.45) is 0 Å². The van der Waals surface area contributed by atoms with Crippen LogP contribution in [0.1, 0.15) is 21.5 Å². The number of fused-ring (bicyclic) bond motifs is 2. The van der Waals surface area contributed by atoms with E-state index in [-0.39, 0.29) is 11.8 Å². The second-order valence-corrected chi connectivity index (χ2v) is 6.17. The van der Waals surface area contributed by atoms with Crippen LogP contribution in [0.5, 0.6) is 0 Å². The summed E-state index contributed by atoms with van der Waals surface area (Å²) >= 11 is 0. The fraction of sp³-hybridized carbons (Fsp3) is 0.222. The number of carbonyl (C=O) groups excluding carboxylic acids is 2. The Bertz CT molecular complexity index is 966. The fourth-order valence-corrected chi connectivity index (χ4v) is 3.12. The van der Waals surface area contributed by atoms with Gasteiger partial charge in [0.05, 0.1) is 0 Å². The topological polar surface area (TPSA) is 88.3 Å². The molecule has 0 bridgehead atoms. The van der Waals surface area contributed by atoms with Crippen molar-refractivity contribution in [2.75, 3.05) is 7.05 Å². The van der Waals surface area contributed by atoms with Gasteiger partial charge < -0.3 is 10.2 Å². The predicted octanol–water partition coefficient (Wildman–Crippen LogP) is 1.54. The van der Waals surface area contributed by atoms with Gasteiger partial charge in [-0.2, -0.15) is 0 Å². The van der Waals surface area contributed by atoms with Gasteiger partial charge in [-0.25, -0.2) is 4.63 Å². The zero-order chi connectivity index (χ0) is 17.4. The molecule has 7 nitrogen and oxygen atoms in total. The van der Waals surface area contributed by atoms with E-state index in [2.05, 4.69) is 20.3 Å². The molecule has 2 aromatic carbocycles. The van der Waals surface area contributed by atoms with Crippen LogP contribution in [-0.4, -0.2) is 40.1 Å². The Morgan fingerprint density at radius 2 is 2.04 bits per heavy atom. The molecule has 0 saturated heterocycles. The zero-order valence-corrected chi connectivity index (χ0v) is 13.6. The van der Waals surface area contributed by atoms with Crippen molar-refractivity contribution in [3.05, 3.63) is 59.2 Å². The Hall–Kier alpha value is -3.22. The number of hydrogen-bond acceptors (Lipinski definition) is 5. The van der Waals surface area contributed by atoms with Crippen molar-refractivity contribution in [3.63, 3.8) is 0 Å². The summed E-state index contributed by atoms with van der Waals surface area (Å²) in [7, 11) is 1.72. The Labute approximate surface area is 143 Å². The first-order valence-corrected chi connectivity index (χ1v) is 7.97. The van der Waals surface area contributed by atoms with Crippen molar-refractivity contribution in [2.45, 2.75) is 19.0 Å². The molecule has 0 aliphatic carbocycles. The molecule has 3 aromatic rings. The maximum absolute atomic E-state index is 12.7. The predicted molar refractivity (Wildman–Crippen MR) is 89.7 cm³/mol. The van der Waals surface area contributed by atoms with Crippen LogP contribution < -0.4 is 5.32 Å². The van der Waals surface area contributed by atoms with E-state index in [1.165, 1.54) is 0 Å². The van der Waals surface area contributed by atoms with Gasteiger partial charge in [-0.3, -0.25) is 9.59 Å². The van der Waals surface area contributed by atoms with Crippen LogP contribution in [0.25, 0.3) is 11.0 Å². The van der Waals surface area contributed by atoms with E-state index in [1.54, 1.807) is 24.1 Å². The van der Waals surface area contributed by atoms with E-state index < -0.39 is 6.04 Å². The van der Waals surface area contributed by atoms with Crippen molar-refractivity contribution in [1.82, 2.24) is 20.5 Å². The molecule has 25 heavy (non-hydrogen) atoms. The Balaban J connectivity index is 1.49. The van der Waals surface area contributed by atoms with E-state index in [1.807, 2.05) is 30.3 Å². The van der Waals surface area contributed by atoms with Gasteiger partial charge in [0, 0.05) is 25.6 Å². The van der Waals surface area contributed by atoms with Gasteiger partial charge >= 0.3 is 0 Å². The quantitative estimate of drug-likeness (QED) is 0.784. The van der Waals surface area contributed by atoms with E-state index in [9.17, 15) is 9.59 Å². The lowest BCUT2D eigenvalue weighted by atomic mass is 9.94. The minimum Gasteiger partial charge on any atom is -0.340 e. The van der Waals surface area contributed by atoms with Crippen molar-refractivity contribution < 1.29 is 14.2 Å². The lowest BCUT2D eigenvalue weighted by molar-refractivity contribution is -0.132. The number of hydrogen-bond donors (Lipinski definition) is 1. The number of carbonyl (C=O) groups is 2. The van der Waals surface area contributed by atoms with Gasteiger partial charge in [0.15, 0.2) is 0 Å². The molecule has 0 spiro atoms. The van der Waals surface area contributed by atoms with Crippen LogP contribution in [0.3, 0.4) is 0 Å². The van der Waals surface area contributed by atoms with Crippen molar-refractivity contribution in [3.8, 4) is 0 Å². The highest BCUT2D eigenvalue weighted by molar-refractivity contribution is 6.00. The summed E-state index contributed by atoms with van der Waals surface area (Å²) in [5.74, 6) is -0.329. The van der Waals surface area contributed by atoms with Gasteiger partial charge in [-0.1, -0.05) is 24.3 Å². The molecule has 1 aliphatic heterocycles. The number of benzene rings is 2. The maximum Gasteiger partial charge on any atom is 0.252 e. The third-order valence-corrected chi connectivity index (χ3v) is 4.40. The van der Waals surface area contributed by atoms with E-state index >= 15 is 0 Å². The number of nitrogens with one attached hydrogen (secondary N) is 1. The molecular weight excluding hydrogens is 320 g/mol. The van der Waals surface area contributed by atoms with E-state index in [0.29, 0.717) is 29.6 Å². The van der Waals surface area contributed by atoms with Crippen molar-refractivity contribution >= 4 is 22.8 Å². The Morgan fingerprint density at radius 3 is 2.92 bits per heavy atom. The molecule has 1 aliphatic rings. The summed E-state index contributed by atoms with van der Waals surface area (Å²) in [6.07, 6.45) is 0.497. The number of amides is 2. The standard InChI is InChI=1S/C18H16N4O3/c1-22(10-11-6-7-14-15(8-11)21-25-20-14)18(24)16-9-12-4-2-3-5-13(12)17(23)19-16/h2-8,16H,9-10H2,1H3,(H,19,23)/t16-/m1/s1. The number of rotatable bonds is 3. The van der Waals surface area contributed by atoms with Gasteiger partial charge in [0.1, 0.15) is 17.1 Å². The highest BCUT2D eigenvalue weighted by Gasteiger charge is 2.30. The lowest BCUT2D eigenvalue weighted by Crippen LogP contribution is -2.51. The first kappa shape index (κ1) is 15.3. The average molecular weight is 336 g/mol. The molecule has 1 N–H and O–H groups in total. The van der Waals surface area contributed by atoms with Crippen LogP contribution in [-0.2, 0) is 17.8 Å². The smallest absolute Gasteiger partial charge is 0.252 e. The molecule has 0 unspecified atom stereocenters. The minimum atomic E-state index is -0.551.